The minimum absolute atomic E-state index is 0.0272. The van der Waals surface area contributed by atoms with Crippen LogP contribution >= 0.6 is 11.6 Å². The standard InChI is InChI=1S/C25H24ClN5O4/c1-15(32)35-18-10-8-17(9-11-18)14-34-24(33)23-19(12-16-6-4-3-5-7-16)22(30-31(23)2)20-13-21(26)29-25(27)28-20/h3-11,13,24,33H,12,14H2,1-2H3,(H2,27,28,29). The van der Waals surface area contributed by atoms with Crippen LogP contribution in [-0.2, 0) is 29.6 Å². The van der Waals surface area contributed by atoms with E-state index in [1.165, 1.54) is 6.92 Å². The van der Waals surface area contributed by atoms with Gasteiger partial charge in [0.1, 0.15) is 16.6 Å². The lowest BCUT2D eigenvalue weighted by atomic mass is 10.0. The Morgan fingerprint density at radius 3 is 2.49 bits per heavy atom. The molecule has 0 aliphatic rings. The Morgan fingerprint density at radius 2 is 1.83 bits per heavy atom. The molecule has 1 atom stereocenters. The van der Waals surface area contributed by atoms with Crippen molar-refractivity contribution in [1.29, 1.82) is 0 Å². The molecule has 0 radical (unpaired) electrons. The molecule has 0 amide bonds. The van der Waals surface area contributed by atoms with Gasteiger partial charge in [-0.15, -0.1) is 0 Å². The quantitative estimate of drug-likeness (QED) is 0.164. The summed E-state index contributed by atoms with van der Waals surface area (Å²) in [5, 5.41) is 15.8. The number of rotatable bonds is 8. The van der Waals surface area contributed by atoms with E-state index in [1.807, 2.05) is 30.3 Å². The van der Waals surface area contributed by atoms with Crippen molar-refractivity contribution in [2.75, 3.05) is 5.73 Å². The van der Waals surface area contributed by atoms with E-state index in [0.717, 1.165) is 16.7 Å². The fraction of sp³-hybridized carbons (Fsp3) is 0.200. The van der Waals surface area contributed by atoms with Gasteiger partial charge in [0.2, 0.25) is 5.95 Å². The predicted molar refractivity (Wildman–Crippen MR) is 130 cm³/mol. The SMILES string of the molecule is CC(=O)Oc1ccc(COC(O)c2c(Cc3ccccc3)c(-c3cc(Cl)nc(N)n3)nn2C)cc1. The van der Waals surface area contributed by atoms with Gasteiger partial charge in [0, 0.05) is 32.0 Å². The molecule has 0 saturated carbocycles. The molecular formula is C25H24ClN5O4. The summed E-state index contributed by atoms with van der Waals surface area (Å²) in [6.07, 6.45) is -0.805. The molecule has 1 unspecified atom stereocenters. The lowest BCUT2D eigenvalue weighted by Gasteiger charge is -2.15. The number of hydrogen-bond acceptors (Lipinski definition) is 8. The van der Waals surface area contributed by atoms with Crippen LogP contribution in [0.3, 0.4) is 0 Å². The average molecular weight is 494 g/mol. The van der Waals surface area contributed by atoms with Gasteiger partial charge < -0.3 is 20.3 Å². The third-order valence-corrected chi connectivity index (χ3v) is 5.39. The summed E-state index contributed by atoms with van der Waals surface area (Å²) in [5.74, 6) is 0.0690. The summed E-state index contributed by atoms with van der Waals surface area (Å²) >= 11 is 6.11. The number of hydrogen-bond donors (Lipinski definition) is 2. The van der Waals surface area contributed by atoms with Crippen molar-refractivity contribution in [3.63, 3.8) is 0 Å². The zero-order chi connectivity index (χ0) is 24.9. The predicted octanol–water partition coefficient (Wildman–Crippen LogP) is 3.84. The average Bonchev–Trinajstić information content (AvgIpc) is 3.14. The Kier molecular flexibility index (Phi) is 7.40. The summed E-state index contributed by atoms with van der Waals surface area (Å²) in [7, 11) is 1.72. The Labute approximate surface area is 207 Å². The van der Waals surface area contributed by atoms with Crippen molar-refractivity contribution in [3.8, 4) is 17.1 Å². The van der Waals surface area contributed by atoms with E-state index >= 15 is 0 Å². The van der Waals surface area contributed by atoms with Crippen molar-refractivity contribution >= 4 is 23.5 Å². The van der Waals surface area contributed by atoms with Crippen LogP contribution in [0.2, 0.25) is 5.15 Å². The maximum absolute atomic E-state index is 11.1. The largest absolute Gasteiger partial charge is 0.427 e. The molecule has 9 nitrogen and oxygen atoms in total. The maximum atomic E-state index is 11.1. The van der Waals surface area contributed by atoms with Crippen molar-refractivity contribution in [2.24, 2.45) is 7.05 Å². The highest BCUT2D eigenvalue weighted by Gasteiger charge is 2.25. The highest BCUT2D eigenvalue weighted by atomic mass is 35.5. The van der Waals surface area contributed by atoms with Gasteiger partial charge in [0.15, 0.2) is 6.29 Å². The van der Waals surface area contributed by atoms with Crippen LogP contribution in [0, 0.1) is 0 Å². The number of nitrogens with two attached hydrogens (primary N) is 1. The number of ether oxygens (including phenoxy) is 2. The van der Waals surface area contributed by atoms with E-state index in [2.05, 4.69) is 15.1 Å². The van der Waals surface area contributed by atoms with Crippen LogP contribution in [0.4, 0.5) is 5.95 Å². The molecule has 2 aromatic heterocycles. The Hall–Kier alpha value is -3.79. The van der Waals surface area contributed by atoms with Crippen LogP contribution in [0.15, 0.2) is 60.7 Å². The second-order valence-corrected chi connectivity index (χ2v) is 8.22. The first kappa shape index (κ1) is 24.3. The zero-order valence-corrected chi connectivity index (χ0v) is 19.9. The van der Waals surface area contributed by atoms with Crippen molar-refractivity contribution in [2.45, 2.75) is 26.2 Å². The fourth-order valence-corrected chi connectivity index (χ4v) is 3.89. The molecule has 0 saturated heterocycles. The number of halogens is 1. The third-order valence-electron chi connectivity index (χ3n) is 5.20. The van der Waals surface area contributed by atoms with Gasteiger partial charge in [-0.05, 0) is 23.3 Å². The van der Waals surface area contributed by atoms with Gasteiger partial charge in [-0.3, -0.25) is 9.48 Å². The number of nitrogen functional groups attached to an aromatic ring is 1. The van der Waals surface area contributed by atoms with Crippen LogP contribution in [0.1, 0.15) is 35.6 Å². The molecule has 4 aromatic rings. The van der Waals surface area contributed by atoms with Crippen LogP contribution in [0.5, 0.6) is 5.75 Å². The smallest absolute Gasteiger partial charge is 0.308 e. The van der Waals surface area contributed by atoms with Gasteiger partial charge in [-0.1, -0.05) is 54.1 Å². The van der Waals surface area contributed by atoms with Crippen LogP contribution in [0.25, 0.3) is 11.4 Å². The zero-order valence-electron chi connectivity index (χ0n) is 19.2. The number of aryl methyl sites for hydroxylation is 1. The Morgan fingerprint density at radius 1 is 1.11 bits per heavy atom. The minimum Gasteiger partial charge on any atom is -0.427 e. The number of esters is 1. The van der Waals surface area contributed by atoms with Gasteiger partial charge >= 0.3 is 5.97 Å². The molecule has 0 bridgehead atoms. The van der Waals surface area contributed by atoms with E-state index in [4.69, 9.17) is 26.8 Å². The van der Waals surface area contributed by atoms with Crippen molar-refractivity contribution in [3.05, 3.63) is 88.2 Å². The second-order valence-electron chi connectivity index (χ2n) is 7.83. The molecule has 4 rings (SSSR count). The summed E-state index contributed by atoms with van der Waals surface area (Å²) < 4.78 is 12.4. The van der Waals surface area contributed by atoms with Crippen molar-refractivity contribution < 1.29 is 19.4 Å². The number of aromatic nitrogens is 4. The molecule has 10 heteroatoms. The van der Waals surface area contributed by atoms with E-state index in [1.54, 1.807) is 42.1 Å². The van der Waals surface area contributed by atoms with E-state index in [0.29, 0.717) is 29.3 Å². The summed E-state index contributed by atoms with van der Waals surface area (Å²) in [6, 6.07) is 18.2. The first-order valence-electron chi connectivity index (χ1n) is 10.8. The molecule has 0 aliphatic heterocycles. The van der Waals surface area contributed by atoms with E-state index in [-0.39, 0.29) is 17.7 Å². The number of aliphatic hydroxyl groups is 1. The van der Waals surface area contributed by atoms with Crippen LogP contribution in [-0.4, -0.2) is 30.8 Å². The van der Waals surface area contributed by atoms with E-state index < -0.39 is 12.3 Å². The lowest BCUT2D eigenvalue weighted by molar-refractivity contribution is -0.131. The van der Waals surface area contributed by atoms with Crippen LogP contribution < -0.4 is 10.5 Å². The van der Waals surface area contributed by atoms with Gasteiger partial charge in [-0.25, -0.2) is 9.97 Å². The second kappa shape index (κ2) is 10.6. The molecule has 2 aromatic carbocycles. The lowest BCUT2D eigenvalue weighted by Crippen LogP contribution is -2.11. The molecule has 35 heavy (non-hydrogen) atoms. The normalized spacial score (nSPS) is 11.9. The molecule has 3 N–H and O–H groups in total. The Balaban J connectivity index is 1.64. The molecule has 0 aliphatic carbocycles. The number of benzene rings is 2. The van der Waals surface area contributed by atoms with Gasteiger partial charge in [0.05, 0.1) is 18.0 Å². The number of carbonyl (C=O) groups is 1. The number of carbonyl (C=O) groups excluding carboxylic acids is 1. The highest BCUT2D eigenvalue weighted by molar-refractivity contribution is 6.29. The minimum atomic E-state index is -1.28. The number of anilines is 1. The monoisotopic (exact) mass is 493 g/mol. The summed E-state index contributed by atoms with van der Waals surface area (Å²) in [5.41, 5.74) is 9.80. The summed E-state index contributed by atoms with van der Waals surface area (Å²) in [6.45, 7) is 1.46. The van der Waals surface area contributed by atoms with Gasteiger partial charge in [0.25, 0.3) is 0 Å². The van der Waals surface area contributed by atoms with Crippen molar-refractivity contribution in [1.82, 2.24) is 19.7 Å². The fourth-order valence-electron chi connectivity index (χ4n) is 3.70. The third kappa shape index (κ3) is 6.02. The first-order chi connectivity index (χ1) is 16.8. The number of nitrogens with zero attached hydrogens (tertiary/aromatic N) is 4. The molecule has 2 heterocycles. The first-order valence-corrected chi connectivity index (χ1v) is 11.1. The van der Waals surface area contributed by atoms with Gasteiger partial charge in [-0.2, -0.15) is 5.10 Å². The van der Waals surface area contributed by atoms with E-state index in [9.17, 15) is 9.90 Å². The molecule has 180 valence electrons. The molecule has 0 spiro atoms. The maximum Gasteiger partial charge on any atom is 0.308 e. The number of aliphatic hydroxyl groups excluding tert-OH is 1. The topological polar surface area (TPSA) is 125 Å². The molecule has 0 fully saturated rings. The summed E-state index contributed by atoms with van der Waals surface area (Å²) in [4.78, 5) is 19.3. The Bertz CT molecular complexity index is 1310. The highest BCUT2D eigenvalue weighted by Crippen LogP contribution is 2.32. The molecular weight excluding hydrogens is 470 g/mol.